The van der Waals surface area contributed by atoms with E-state index >= 15 is 0 Å². The number of sulfonamides is 1. The summed E-state index contributed by atoms with van der Waals surface area (Å²) >= 11 is 1.17. The SMILES string of the molecule is CCc1cc(Nc2cc(=O)n(CCCCNS(=O)(=O)c3cccs3)c(N)n2)ccc1C. The van der Waals surface area contributed by atoms with Crippen molar-refractivity contribution >= 4 is 38.8 Å². The van der Waals surface area contributed by atoms with Crippen molar-refractivity contribution in [1.29, 1.82) is 0 Å². The third-order valence-electron chi connectivity index (χ3n) is 4.90. The fraction of sp³-hybridized carbons (Fsp3) is 0.333. The van der Waals surface area contributed by atoms with Gasteiger partial charge in [0.2, 0.25) is 16.0 Å². The van der Waals surface area contributed by atoms with Gasteiger partial charge in [-0.25, -0.2) is 13.1 Å². The average Bonchev–Trinajstić information content (AvgIpc) is 3.27. The molecule has 0 radical (unpaired) electrons. The second-order valence-electron chi connectivity index (χ2n) is 7.15. The fourth-order valence-electron chi connectivity index (χ4n) is 3.18. The van der Waals surface area contributed by atoms with E-state index in [1.54, 1.807) is 17.5 Å². The Hall–Kier alpha value is -2.69. The van der Waals surface area contributed by atoms with Crippen LogP contribution in [0, 0.1) is 6.92 Å². The van der Waals surface area contributed by atoms with Gasteiger partial charge in [0.05, 0.1) is 0 Å². The quantitative estimate of drug-likeness (QED) is 0.399. The number of rotatable bonds is 10. The van der Waals surface area contributed by atoms with Crippen molar-refractivity contribution in [2.75, 3.05) is 17.6 Å². The summed E-state index contributed by atoms with van der Waals surface area (Å²) in [5.41, 5.74) is 9.04. The Kier molecular flexibility index (Phi) is 7.47. The van der Waals surface area contributed by atoms with Crippen LogP contribution in [0.3, 0.4) is 0 Å². The molecule has 2 aromatic heterocycles. The van der Waals surface area contributed by atoms with Crippen molar-refractivity contribution in [2.24, 2.45) is 0 Å². The summed E-state index contributed by atoms with van der Waals surface area (Å²) in [5.74, 6) is 0.519. The molecule has 0 spiro atoms. The standard InChI is InChI=1S/C21H27N5O3S2/c1-3-16-13-17(9-8-15(16)2)24-18-14-19(27)26(21(22)25-18)11-5-4-10-23-31(28,29)20-7-6-12-30-20/h6-9,12-14,23-24H,3-5,10-11H2,1-2H3,(H2,22,25). The van der Waals surface area contributed by atoms with Gasteiger partial charge in [-0.05, 0) is 60.9 Å². The minimum Gasteiger partial charge on any atom is -0.369 e. The number of aryl methyl sites for hydroxylation is 2. The second-order valence-corrected chi connectivity index (χ2v) is 10.1. The molecule has 3 aromatic rings. The maximum absolute atomic E-state index is 12.5. The predicted octanol–water partition coefficient (Wildman–Crippen LogP) is 3.26. The molecule has 8 nitrogen and oxygen atoms in total. The van der Waals surface area contributed by atoms with Crippen molar-refractivity contribution in [1.82, 2.24) is 14.3 Å². The van der Waals surface area contributed by atoms with E-state index in [-0.39, 0.29) is 18.1 Å². The molecule has 0 aliphatic rings. The molecular formula is C21H27N5O3S2. The maximum Gasteiger partial charge on any atom is 0.256 e. The first kappa shape index (κ1) is 23.0. The van der Waals surface area contributed by atoms with Gasteiger partial charge in [-0.3, -0.25) is 9.36 Å². The van der Waals surface area contributed by atoms with Gasteiger partial charge in [0.1, 0.15) is 10.0 Å². The van der Waals surface area contributed by atoms with Crippen molar-refractivity contribution in [3.05, 3.63) is 63.3 Å². The number of benzene rings is 1. The molecule has 0 aliphatic heterocycles. The van der Waals surface area contributed by atoms with Crippen molar-refractivity contribution in [3.63, 3.8) is 0 Å². The van der Waals surface area contributed by atoms with Gasteiger partial charge in [0.15, 0.2) is 0 Å². The van der Waals surface area contributed by atoms with E-state index < -0.39 is 10.0 Å². The molecule has 0 aliphatic carbocycles. The third-order valence-corrected chi connectivity index (χ3v) is 7.76. The van der Waals surface area contributed by atoms with Gasteiger partial charge in [-0.15, -0.1) is 11.3 Å². The highest BCUT2D eigenvalue weighted by atomic mass is 32.2. The summed E-state index contributed by atoms with van der Waals surface area (Å²) in [6.07, 6.45) is 2.07. The number of nitrogens with zero attached hydrogens (tertiary/aromatic N) is 2. The van der Waals surface area contributed by atoms with Gasteiger partial charge >= 0.3 is 0 Å². The van der Waals surface area contributed by atoms with E-state index in [1.807, 2.05) is 18.2 Å². The van der Waals surface area contributed by atoms with Crippen molar-refractivity contribution in [3.8, 4) is 0 Å². The normalized spacial score (nSPS) is 11.5. The number of thiophene rings is 1. The van der Waals surface area contributed by atoms with Crippen LogP contribution in [-0.2, 0) is 23.0 Å². The lowest BCUT2D eigenvalue weighted by Crippen LogP contribution is -2.26. The average molecular weight is 462 g/mol. The fourth-order valence-corrected chi connectivity index (χ4v) is 5.29. The van der Waals surface area contributed by atoms with Crippen LogP contribution in [0.4, 0.5) is 17.5 Å². The Morgan fingerprint density at radius 3 is 2.68 bits per heavy atom. The maximum atomic E-state index is 12.5. The van der Waals surface area contributed by atoms with E-state index in [9.17, 15) is 13.2 Å². The second kappa shape index (κ2) is 10.1. The van der Waals surface area contributed by atoms with E-state index in [2.05, 4.69) is 28.9 Å². The molecule has 10 heteroatoms. The van der Waals surface area contributed by atoms with Crippen LogP contribution in [0.25, 0.3) is 0 Å². The molecule has 166 valence electrons. The van der Waals surface area contributed by atoms with Crippen molar-refractivity contribution in [2.45, 2.75) is 43.9 Å². The lowest BCUT2D eigenvalue weighted by atomic mass is 10.1. The zero-order chi connectivity index (χ0) is 22.4. The van der Waals surface area contributed by atoms with Gasteiger partial charge in [0.25, 0.3) is 5.56 Å². The first-order valence-corrected chi connectivity index (χ1v) is 12.4. The summed E-state index contributed by atoms with van der Waals surface area (Å²) < 4.78 is 28.4. The number of nitrogens with two attached hydrogens (primary N) is 1. The number of unbranched alkanes of at least 4 members (excludes halogenated alkanes) is 1. The van der Waals surface area contributed by atoms with E-state index in [0.29, 0.717) is 29.4 Å². The molecule has 4 N–H and O–H groups in total. The van der Waals surface area contributed by atoms with Crippen LogP contribution in [0.5, 0.6) is 0 Å². The number of anilines is 3. The molecule has 0 saturated heterocycles. The number of aromatic nitrogens is 2. The molecular weight excluding hydrogens is 434 g/mol. The summed E-state index contributed by atoms with van der Waals surface area (Å²) in [6, 6.07) is 10.7. The van der Waals surface area contributed by atoms with Gasteiger partial charge in [0, 0.05) is 24.8 Å². The lowest BCUT2D eigenvalue weighted by molar-refractivity contribution is 0.563. The highest BCUT2D eigenvalue weighted by Crippen LogP contribution is 2.19. The number of nitrogen functional groups attached to an aromatic ring is 1. The number of nitrogens with one attached hydrogen (secondary N) is 2. The minimum absolute atomic E-state index is 0.122. The van der Waals surface area contributed by atoms with E-state index in [1.165, 1.54) is 33.1 Å². The Morgan fingerprint density at radius 2 is 2.00 bits per heavy atom. The lowest BCUT2D eigenvalue weighted by Gasteiger charge is -2.13. The Morgan fingerprint density at radius 1 is 1.19 bits per heavy atom. The topological polar surface area (TPSA) is 119 Å². The number of hydrogen-bond donors (Lipinski definition) is 3. The van der Waals surface area contributed by atoms with Crippen molar-refractivity contribution < 1.29 is 8.42 Å². The summed E-state index contributed by atoms with van der Waals surface area (Å²) in [4.78, 5) is 16.8. The van der Waals surface area contributed by atoms with Crippen LogP contribution >= 0.6 is 11.3 Å². The predicted molar refractivity (Wildman–Crippen MR) is 125 cm³/mol. The number of hydrogen-bond acceptors (Lipinski definition) is 7. The monoisotopic (exact) mass is 461 g/mol. The first-order valence-electron chi connectivity index (χ1n) is 10.1. The molecule has 0 atom stereocenters. The molecule has 0 bridgehead atoms. The molecule has 0 fully saturated rings. The van der Waals surface area contributed by atoms with Crippen LogP contribution < -0.4 is 21.3 Å². The van der Waals surface area contributed by atoms with Gasteiger partial charge < -0.3 is 11.1 Å². The largest absolute Gasteiger partial charge is 0.369 e. The van der Waals surface area contributed by atoms with Crippen LogP contribution in [-0.4, -0.2) is 24.5 Å². The third kappa shape index (κ3) is 5.93. The summed E-state index contributed by atoms with van der Waals surface area (Å²) in [6.45, 7) is 4.81. The Bertz CT molecular complexity index is 1190. The smallest absolute Gasteiger partial charge is 0.256 e. The Labute approximate surface area is 186 Å². The molecule has 0 saturated carbocycles. The van der Waals surface area contributed by atoms with Crippen LogP contribution in [0.15, 0.2) is 50.8 Å². The highest BCUT2D eigenvalue weighted by molar-refractivity contribution is 7.91. The zero-order valence-electron chi connectivity index (χ0n) is 17.6. The molecule has 1 aromatic carbocycles. The molecule has 0 unspecified atom stereocenters. The van der Waals surface area contributed by atoms with Gasteiger partial charge in [-0.2, -0.15) is 4.98 Å². The minimum atomic E-state index is -3.47. The first-order chi connectivity index (χ1) is 14.8. The molecule has 3 rings (SSSR count). The molecule has 2 heterocycles. The highest BCUT2D eigenvalue weighted by Gasteiger charge is 2.14. The van der Waals surface area contributed by atoms with Crippen LogP contribution in [0.1, 0.15) is 30.9 Å². The van der Waals surface area contributed by atoms with Crippen LogP contribution in [0.2, 0.25) is 0 Å². The van der Waals surface area contributed by atoms with Gasteiger partial charge in [-0.1, -0.05) is 19.1 Å². The van der Waals surface area contributed by atoms with E-state index in [0.717, 1.165) is 12.1 Å². The molecule has 0 amide bonds. The Balaban J connectivity index is 1.56. The molecule has 31 heavy (non-hydrogen) atoms. The van der Waals surface area contributed by atoms with E-state index in [4.69, 9.17) is 5.73 Å². The summed E-state index contributed by atoms with van der Waals surface area (Å²) in [7, 11) is -3.47. The summed E-state index contributed by atoms with van der Waals surface area (Å²) in [5, 5.41) is 4.86. The zero-order valence-corrected chi connectivity index (χ0v) is 19.2.